The Balaban J connectivity index is 2.04. The summed E-state index contributed by atoms with van der Waals surface area (Å²) < 4.78 is 0. The molecule has 2 N–H and O–H groups in total. The summed E-state index contributed by atoms with van der Waals surface area (Å²) in [6.45, 7) is 6.89. The molecule has 1 aromatic rings. The predicted octanol–water partition coefficient (Wildman–Crippen LogP) is 3.72. The van der Waals surface area contributed by atoms with Crippen LogP contribution in [0.15, 0.2) is 24.3 Å². The first-order valence-corrected chi connectivity index (χ1v) is 7.31. The van der Waals surface area contributed by atoms with E-state index in [4.69, 9.17) is 5.73 Å². The lowest BCUT2D eigenvalue weighted by Gasteiger charge is -2.23. The molecule has 18 heavy (non-hydrogen) atoms. The summed E-state index contributed by atoms with van der Waals surface area (Å²) in [6, 6.07) is 9.04. The maximum atomic E-state index is 6.05. The third-order valence-corrected chi connectivity index (χ3v) is 4.14. The van der Waals surface area contributed by atoms with Gasteiger partial charge in [0, 0.05) is 24.8 Å². The van der Waals surface area contributed by atoms with Crippen molar-refractivity contribution in [3.05, 3.63) is 29.8 Å². The second-order valence-corrected chi connectivity index (χ2v) is 5.63. The maximum Gasteiger partial charge on any atom is 0.0366 e. The van der Waals surface area contributed by atoms with Gasteiger partial charge in [-0.05, 0) is 49.3 Å². The molecule has 0 radical (unpaired) electrons. The van der Waals surface area contributed by atoms with Crippen LogP contribution in [0.3, 0.4) is 0 Å². The Hall–Kier alpha value is -1.02. The fourth-order valence-electron chi connectivity index (χ4n) is 2.69. The molecule has 1 unspecified atom stereocenters. The van der Waals surface area contributed by atoms with Crippen molar-refractivity contribution in [2.75, 3.05) is 18.0 Å². The van der Waals surface area contributed by atoms with Gasteiger partial charge in [0.25, 0.3) is 0 Å². The van der Waals surface area contributed by atoms with Gasteiger partial charge in [-0.3, -0.25) is 0 Å². The Morgan fingerprint density at radius 3 is 2.61 bits per heavy atom. The molecule has 1 aliphatic heterocycles. The molecule has 1 aliphatic rings. The Morgan fingerprint density at radius 1 is 1.22 bits per heavy atom. The van der Waals surface area contributed by atoms with Gasteiger partial charge in [0.15, 0.2) is 0 Å². The molecule has 0 saturated carbocycles. The van der Waals surface area contributed by atoms with Crippen LogP contribution in [0.1, 0.15) is 51.1 Å². The highest BCUT2D eigenvalue weighted by atomic mass is 15.1. The second-order valence-electron chi connectivity index (χ2n) is 5.63. The molecule has 0 spiro atoms. The minimum Gasteiger partial charge on any atom is -0.372 e. The van der Waals surface area contributed by atoms with Crippen molar-refractivity contribution in [2.45, 2.75) is 45.6 Å². The van der Waals surface area contributed by atoms with E-state index in [2.05, 4.69) is 43.0 Å². The van der Waals surface area contributed by atoms with Gasteiger partial charge in [-0.15, -0.1) is 0 Å². The van der Waals surface area contributed by atoms with Crippen molar-refractivity contribution in [3.63, 3.8) is 0 Å². The van der Waals surface area contributed by atoms with Crippen molar-refractivity contribution in [2.24, 2.45) is 11.7 Å². The molecule has 100 valence electrons. The quantitative estimate of drug-likeness (QED) is 0.880. The van der Waals surface area contributed by atoms with Crippen molar-refractivity contribution in [1.82, 2.24) is 0 Å². The normalized spacial score (nSPS) is 22.6. The van der Waals surface area contributed by atoms with Gasteiger partial charge in [-0.1, -0.05) is 26.0 Å². The van der Waals surface area contributed by atoms with E-state index in [9.17, 15) is 0 Å². The number of nitrogens with zero attached hydrogens (tertiary/aromatic N) is 1. The molecule has 0 aromatic heterocycles. The molecule has 2 atom stereocenters. The van der Waals surface area contributed by atoms with E-state index >= 15 is 0 Å². The first-order chi connectivity index (χ1) is 8.70. The first-order valence-electron chi connectivity index (χ1n) is 7.31. The molecular weight excluding hydrogens is 220 g/mol. The van der Waals surface area contributed by atoms with Gasteiger partial charge in [-0.25, -0.2) is 0 Å². The molecule has 1 saturated heterocycles. The maximum absolute atomic E-state index is 6.05. The SMILES string of the molecule is CC[C@@H](N)c1ccc(N2CCCC(C)CC2)cc1. The summed E-state index contributed by atoms with van der Waals surface area (Å²) in [5, 5.41) is 0. The summed E-state index contributed by atoms with van der Waals surface area (Å²) in [5.74, 6) is 0.878. The van der Waals surface area contributed by atoms with Crippen molar-refractivity contribution >= 4 is 5.69 Å². The molecule has 2 nitrogen and oxygen atoms in total. The third-order valence-electron chi connectivity index (χ3n) is 4.14. The average molecular weight is 246 g/mol. The predicted molar refractivity (Wildman–Crippen MR) is 78.9 cm³/mol. The number of hydrogen-bond acceptors (Lipinski definition) is 2. The van der Waals surface area contributed by atoms with Gasteiger partial charge in [-0.2, -0.15) is 0 Å². The van der Waals surface area contributed by atoms with Crippen LogP contribution in [0.2, 0.25) is 0 Å². The highest BCUT2D eigenvalue weighted by molar-refractivity contribution is 5.48. The van der Waals surface area contributed by atoms with Gasteiger partial charge in [0.1, 0.15) is 0 Å². The minimum absolute atomic E-state index is 0.184. The molecule has 0 aliphatic carbocycles. The number of benzene rings is 1. The van der Waals surface area contributed by atoms with E-state index in [1.165, 1.54) is 43.6 Å². The summed E-state index contributed by atoms with van der Waals surface area (Å²) >= 11 is 0. The molecule has 0 bridgehead atoms. The van der Waals surface area contributed by atoms with E-state index < -0.39 is 0 Å². The Bertz CT molecular complexity index is 358. The molecular formula is C16H26N2. The van der Waals surface area contributed by atoms with E-state index in [1.54, 1.807) is 0 Å². The molecule has 1 aromatic carbocycles. The number of hydrogen-bond donors (Lipinski definition) is 1. The Morgan fingerprint density at radius 2 is 1.94 bits per heavy atom. The topological polar surface area (TPSA) is 29.3 Å². The summed E-state index contributed by atoms with van der Waals surface area (Å²) in [5.41, 5.74) is 8.66. The van der Waals surface area contributed by atoms with Gasteiger partial charge in [0.2, 0.25) is 0 Å². The lowest BCUT2D eigenvalue weighted by atomic mass is 10.0. The molecule has 2 rings (SSSR count). The number of nitrogens with two attached hydrogens (primary N) is 1. The van der Waals surface area contributed by atoms with Crippen molar-refractivity contribution in [3.8, 4) is 0 Å². The van der Waals surface area contributed by atoms with Crippen molar-refractivity contribution < 1.29 is 0 Å². The van der Waals surface area contributed by atoms with E-state index in [-0.39, 0.29) is 6.04 Å². The number of anilines is 1. The van der Waals surface area contributed by atoms with Crippen LogP contribution >= 0.6 is 0 Å². The molecule has 0 amide bonds. The monoisotopic (exact) mass is 246 g/mol. The molecule has 1 fully saturated rings. The van der Waals surface area contributed by atoms with Crippen molar-refractivity contribution in [1.29, 1.82) is 0 Å². The zero-order valence-electron chi connectivity index (χ0n) is 11.7. The van der Waals surface area contributed by atoms with Crippen LogP contribution in [-0.4, -0.2) is 13.1 Å². The van der Waals surface area contributed by atoms with Crippen LogP contribution < -0.4 is 10.6 Å². The van der Waals surface area contributed by atoms with Gasteiger partial charge < -0.3 is 10.6 Å². The van der Waals surface area contributed by atoms with Crippen LogP contribution in [0, 0.1) is 5.92 Å². The van der Waals surface area contributed by atoms with Crippen LogP contribution in [0.25, 0.3) is 0 Å². The molecule has 1 heterocycles. The van der Waals surface area contributed by atoms with Crippen LogP contribution in [-0.2, 0) is 0 Å². The Labute approximate surface area is 111 Å². The fourth-order valence-corrected chi connectivity index (χ4v) is 2.69. The van der Waals surface area contributed by atoms with E-state index in [0.717, 1.165) is 12.3 Å². The first kappa shape index (κ1) is 13.4. The zero-order chi connectivity index (χ0) is 13.0. The zero-order valence-corrected chi connectivity index (χ0v) is 11.7. The van der Waals surface area contributed by atoms with E-state index in [1.807, 2.05) is 0 Å². The van der Waals surface area contributed by atoms with Gasteiger partial charge >= 0.3 is 0 Å². The smallest absolute Gasteiger partial charge is 0.0366 e. The lowest BCUT2D eigenvalue weighted by molar-refractivity contribution is 0.521. The van der Waals surface area contributed by atoms with Crippen LogP contribution in [0.5, 0.6) is 0 Å². The van der Waals surface area contributed by atoms with E-state index in [0.29, 0.717) is 0 Å². The lowest BCUT2D eigenvalue weighted by Crippen LogP contribution is -2.24. The minimum atomic E-state index is 0.184. The largest absolute Gasteiger partial charge is 0.372 e. The highest BCUT2D eigenvalue weighted by Crippen LogP contribution is 2.24. The number of rotatable bonds is 3. The summed E-state index contributed by atoms with van der Waals surface area (Å²) in [6.07, 6.45) is 5.00. The Kier molecular flexibility index (Phi) is 4.65. The summed E-state index contributed by atoms with van der Waals surface area (Å²) in [4.78, 5) is 2.52. The average Bonchev–Trinajstić information content (AvgIpc) is 2.63. The molecule has 2 heteroatoms. The standard InChI is InChI=1S/C16H26N2/c1-3-16(17)14-6-8-15(9-7-14)18-11-4-5-13(2)10-12-18/h6-9,13,16H,3-5,10-12,17H2,1-2H3/t13?,16-/m1/s1. The van der Waals surface area contributed by atoms with Crippen LogP contribution in [0.4, 0.5) is 5.69 Å². The fraction of sp³-hybridized carbons (Fsp3) is 0.625. The van der Waals surface area contributed by atoms with Gasteiger partial charge in [0.05, 0.1) is 0 Å². The third kappa shape index (κ3) is 3.26. The second kappa shape index (κ2) is 6.24. The summed E-state index contributed by atoms with van der Waals surface area (Å²) in [7, 11) is 0. The highest BCUT2D eigenvalue weighted by Gasteiger charge is 2.14.